The number of carbonyl (C=O) groups is 2. The van der Waals surface area contributed by atoms with E-state index < -0.39 is 24.7 Å². The van der Waals surface area contributed by atoms with Gasteiger partial charge in [-0.25, -0.2) is 0 Å². The Kier molecular flexibility index (Phi) is 4.39. The summed E-state index contributed by atoms with van der Waals surface area (Å²) in [6.07, 6.45) is -3.66. The van der Waals surface area contributed by atoms with Gasteiger partial charge in [-0.3, -0.25) is 9.59 Å². The highest BCUT2D eigenvalue weighted by molar-refractivity contribution is 5.92. The van der Waals surface area contributed by atoms with Gasteiger partial charge >= 0.3 is 18.1 Å². The first-order chi connectivity index (χ1) is 5.85. The molecule has 1 fully saturated rings. The molecule has 1 heterocycles. The number of ether oxygens (including phenoxy) is 1. The predicted molar refractivity (Wildman–Crippen MR) is 35.4 cm³/mol. The Morgan fingerprint density at radius 3 is 1.62 bits per heavy atom. The highest BCUT2D eigenvalue weighted by Gasteiger charge is 2.23. The quantitative estimate of drug-likeness (QED) is 0.451. The lowest BCUT2D eigenvalue weighted by molar-refractivity contribution is -0.152. The maximum Gasteiger partial charge on any atom is 0.400 e. The van der Waals surface area contributed by atoms with Crippen LogP contribution >= 0.6 is 0 Å². The van der Waals surface area contributed by atoms with Crippen LogP contribution in [-0.2, 0) is 14.3 Å². The van der Waals surface area contributed by atoms with E-state index in [2.05, 4.69) is 10.5 Å². The van der Waals surface area contributed by atoms with E-state index in [1.807, 2.05) is 0 Å². The lowest BCUT2D eigenvalue weighted by atomic mass is 10.4. The van der Waals surface area contributed by atoms with Gasteiger partial charge in [0.1, 0.15) is 0 Å². The maximum atomic E-state index is 10.7. The van der Waals surface area contributed by atoms with Crippen LogP contribution < -0.4 is 5.73 Å². The summed E-state index contributed by atoms with van der Waals surface area (Å²) >= 11 is 0. The zero-order chi connectivity index (χ0) is 10.5. The van der Waals surface area contributed by atoms with Crippen LogP contribution in [0.25, 0.3) is 0 Å². The highest BCUT2D eigenvalue weighted by Crippen LogP contribution is 2.10. The molecule has 0 aromatic heterocycles. The normalized spacial score (nSPS) is 16.3. The van der Waals surface area contributed by atoms with Gasteiger partial charge in [-0.15, -0.1) is 0 Å². The third-order valence-corrected chi connectivity index (χ3v) is 0.992. The molecule has 0 saturated carbocycles. The van der Waals surface area contributed by atoms with Gasteiger partial charge in [-0.05, 0) is 0 Å². The van der Waals surface area contributed by atoms with Crippen LogP contribution in [-0.4, -0.2) is 24.7 Å². The second kappa shape index (κ2) is 4.80. The number of hydrogen-bond acceptors (Lipinski definition) is 4. The van der Waals surface area contributed by atoms with Gasteiger partial charge in [-0.1, -0.05) is 0 Å². The lowest BCUT2D eigenvalue weighted by Gasteiger charge is -1.96. The van der Waals surface area contributed by atoms with Gasteiger partial charge in [0.2, 0.25) is 0 Å². The number of halogens is 3. The Morgan fingerprint density at radius 2 is 1.54 bits per heavy atom. The number of alkyl halides is 3. The van der Waals surface area contributed by atoms with Crippen molar-refractivity contribution in [2.75, 3.05) is 6.54 Å². The number of nitrogens with two attached hydrogens (primary N) is 1. The molecule has 1 saturated heterocycles. The first-order valence-electron chi connectivity index (χ1n) is 3.35. The fourth-order valence-corrected chi connectivity index (χ4v) is 0.433. The van der Waals surface area contributed by atoms with Crippen molar-refractivity contribution in [3.8, 4) is 0 Å². The summed E-state index contributed by atoms with van der Waals surface area (Å²) in [6, 6.07) is 0. The molecule has 4 nitrogen and oxygen atoms in total. The summed E-state index contributed by atoms with van der Waals surface area (Å²) in [4.78, 5) is 20.0. The molecule has 76 valence electrons. The van der Waals surface area contributed by atoms with E-state index >= 15 is 0 Å². The van der Waals surface area contributed by atoms with E-state index in [1.54, 1.807) is 0 Å². The van der Waals surface area contributed by atoms with Gasteiger partial charge < -0.3 is 10.5 Å². The van der Waals surface area contributed by atoms with E-state index in [-0.39, 0.29) is 12.8 Å². The third kappa shape index (κ3) is 7.26. The van der Waals surface area contributed by atoms with Crippen LogP contribution in [0.2, 0.25) is 0 Å². The van der Waals surface area contributed by atoms with Crippen LogP contribution in [0, 0.1) is 0 Å². The zero-order valence-corrected chi connectivity index (χ0v) is 6.56. The summed E-state index contributed by atoms with van der Waals surface area (Å²) in [5.41, 5.74) is 4.18. The lowest BCUT2D eigenvalue weighted by Crippen LogP contribution is -2.21. The number of rotatable bonds is 0. The first-order valence-corrected chi connectivity index (χ1v) is 3.35. The van der Waals surface area contributed by atoms with E-state index in [1.165, 1.54) is 0 Å². The van der Waals surface area contributed by atoms with Crippen LogP contribution in [0.4, 0.5) is 13.2 Å². The van der Waals surface area contributed by atoms with Crippen molar-refractivity contribution in [2.45, 2.75) is 19.0 Å². The van der Waals surface area contributed by atoms with Crippen molar-refractivity contribution in [2.24, 2.45) is 5.73 Å². The van der Waals surface area contributed by atoms with Crippen molar-refractivity contribution in [3.05, 3.63) is 0 Å². The van der Waals surface area contributed by atoms with Crippen molar-refractivity contribution >= 4 is 11.9 Å². The van der Waals surface area contributed by atoms with Gasteiger partial charge in [-0.2, -0.15) is 13.2 Å². The monoisotopic (exact) mass is 199 g/mol. The van der Waals surface area contributed by atoms with Crippen molar-refractivity contribution in [3.63, 3.8) is 0 Å². The summed E-state index contributed by atoms with van der Waals surface area (Å²) < 4.78 is 36.1. The minimum Gasteiger partial charge on any atom is -0.393 e. The molecule has 0 atom stereocenters. The van der Waals surface area contributed by atoms with Gasteiger partial charge in [0.05, 0.1) is 19.4 Å². The summed E-state index contributed by atoms with van der Waals surface area (Å²) in [6.45, 7) is -1.23. The number of esters is 2. The van der Waals surface area contributed by atoms with Crippen LogP contribution in [0.3, 0.4) is 0 Å². The largest absolute Gasteiger partial charge is 0.400 e. The molecule has 1 aliphatic heterocycles. The molecule has 0 spiro atoms. The molecule has 1 aliphatic rings. The second-order valence-electron chi connectivity index (χ2n) is 2.17. The Morgan fingerprint density at radius 1 is 1.23 bits per heavy atom. The Labute approximate surface area is 71.8 Å². The molecule has 0 amide bonds. The van der Waals surface area contributed by atoms with E-state index in [0.717, 1.165) is 0 Å². The number of carbonyl (C=O) groups excluding carboxylic acids is 2. The van der Waals surface area contributed by atoms with Gasteiger partial charge in [0.15, 0.2) is 0 Å². The Bertz CT molecular complexity index is 188. The SMILES string of the molecule is NCC(F)(F)F.O=C1CCC(=O)O1. The van der Waals surface area contributed by atoms with Crippen LogP contribution in [0.1, 0.15) is 12.8 Å². The molecule has 1 rings (SSSR count). The Hall–Kier alpha value is -1.11. The molecule has 0 aromatic carbocycles. The van der Waals surface area contributed by atoms with E-state index in [0.29, 0.717) is 0 Å². The number of cyclic esters (lactones) is 2. The maximum absolute atomic E-state index is 10.7. The predicted octanol–water partition coefficient (Wildman–Crippen LogP) is 0.357. The van der Waals surface area contributed by atoms with E-state index in [9.17, 15) is 22.8 Å². The molecule has 0 unspecified atom stereocenters. The molecular formula is C6H8F3NO3. The molecule has 0 aliphatic carbocycles. The topological polar surface area (TPSA) is 69.4 Å². The third-order valence-electron chi connectivity index (χ3n) is 0.992. The van der Waals surface area contributed by atoms with Crippen LogP contribution in [0.15, 0.2) is 0 Å². The minimum atomic E-state index is -4.18. The van der Waals surface area contributed by atoms with Crippen molar-refractivity contribution in [1.29, 1.82) is 0 Å². The standard InChI is InChI=1S/C4H4O3.C2H4F3N/c5-3-1-2-4(6)7-3;3-2(4,5)1-6/h1-2H2;1,6H2. The highest BCUT2D eigenvalue weighted by atomic mass is 19.4. The molecule has 0 aromatic rings. The van der Waals surface area contributed by atoms with Crippen LogP contribution in [0.5, 0.6) is 0 Å². The molecule has 0 bridgehead atoms. The first kappa shape index (κ1) is 11.9. The molecule has 13 heavy (non-hydrogen) atoms. The fraction of sp³-hybridized carbons (Fsp3) is 0.667. The molecule has 2 N–H and O–H groups in total. The summed E-state index contributed by atoms with van der Waals surface area (Å²) in [5, 5.41) is 0. The molecule has 0 radical (unpaired) electrons. The van der Waals surface area contributed by atoms with Crippen molar-refractivity contribution < 1.29 is 27.5 Å². The molecule has 7 heteroatoms. The molecular weight excluding hydrogens is 191 g/mol. The Balaban J connectivity index is 0.000000226. The number of hydrogen-bond donors (Lipinski definition) is 1. The summed E-state index contributed by atoms with van der Waals surface area (Å²) in [7, 11) is 0. The average molecular weight is 199 g/mol. The average Bonchev–Trinajstić information content (AvgIpc) is 2.34. The summed E-state index contributed by atoms with van der Waals surface area (Å²) in [5.74, 6) is -0.796. The minimum absolute atomic E-state index is 0.263. The second-order valence-corrected chi connectivity index (χ2v) is 2.17. The zero-order valence-electron chi connectivity index (χ0n) is 6.56. The van der Waals surface area contributed by atoms with Crippen molar-refractivity contribution in [1.82, 2.24) is 0 Å². The smallest absolute Gasteiger partial charge is 0.393 e. The fourth-order valence-electron chi connectivity index (χ4n) is 0.433. The van der Waals surface area contributed by atoms with E-state index in [4.69, 9.17) is 0 Å². The van der Waals surface area contributed by atoms with Gasteiger partial charge in [0.25, 0.3) is 0 Å². The van der Waals surface area contributed by atoms with Gasteiger partial charge in [0, 0.05) is 0 Å².